The van der Waals surface area contributed by atoms with E-state index in [0.717, 1.165) is 55.2 Å². The van der Waals surface area contributed by atoms with E-state index in [1.807, 2.05) is 0 Å². The van der Waals surface area contributed by atoms with Gasteiger partial charge in [0.2, 0.25) is 5.91 Å². The summed E-state index contributed by atoms with van der Waals surface area (Å²) in [7, 11) is 1.40. The van der Waals surface area contributed by atoms with E-state index in [4.69, 9.17) is 4.74 Å². The molecule has 1 amide bonds. The molecule has 0 atom stereocenters. The molecule has 7 nitrogen and oxygen atoms in total. The number of aromatic nitrogens is 3. The number of thioether (sulfide) groups is 1. The van der Waals surface area contributed by atoms with Crippen LogP contribution in [0.3, 0.4) is 0 Å². The number of esters is 1. The van der Waals surface area contributed by atoms with Crippen molar-refractivity contribution in [3.05, 3.63) is 21.8 Å². The summed E-state index contributed by atoms with van der Waals surface area (Å²) in [6.07, 6.45) is 13.9. The largest absolute Gasteiger partial charge is 0.465 e. The number of carbonyl (C=O) groups is 2. The molecule has 0 bridgehead atoms. The Morgan fingerprint density at radius 1 is 1.09 bits per heavy atom. The summed E-state index contributed by atoms with van der Waals surface area (Å²) in [6.45, 7) is 2.89. The molecular weight excluding hydrogens is 468 g/mol. The highest BCUT2D eigenvalue weighted by Gasteiger charge is 2.26. The summed E-state index contributed by atoms with van der Waals surface area (Å²) in [5.74, 6) is 1.45. The fourth-order valence-electron chi connectivity index (χ4n) is 5.16. The average molecular weight is 505 g/mol. The van der Waals surface area contributed by atoms with E-state index in [0.29, 0.717) is 16.5 Å². The third-order valence-electron chi connectivity index (χ3n) is 6.95. The van der Waals surface area contributed by atoms with Crippen molar-refractivity contribution in [1.82, 2.24) is 14.8 Å². The topological polar surface area (TPSA) is 86.1 Å². The van der Waals surface area contributed by atoms with Crippen molar-refractivity contribution < 1.29 is 14.3 Å². The Morgan fingerprint density at radius 2 is 1.82 bits per heavy atom. The Bertz CT molecular complexity index is 995. The molecule has 0 aliphatic heterocycles. The molecule has 9 heteroatoms. The minimum Gasteiger partial charge on any atom is -0.465 e. The lowest BCUT2D eigenvalue weighted by molar-refractivity contribution is -0.113. The lowest BCUT2D eigenvalue weighted by Crippen LogP contribution is -2.17. The minimum atomic E-state index is -0.362. The third kappa shape index (κ3) is 6.03. The van der Waals surface area contributed by atoms with Crippen LogP contribution in [0, 0.1) is 5.92 Å². The van der Waals surface area contributed by atoms with Crippen molar-refractivity contribution in [3.8, 4) is 0 Å². The number of fused-ring (bicyclic) bond motifs is 1. The zero-order chi connectivity index (χ0) is 23.9. The molecule has 1 fully saturated rings. The van der Waals surface area contributed by atoms with E-state index in [2.05, 4.69) is 27.0 Å². The van der Waals surface area contributed by atoms with Gasteiger partial charge in [-0.15, -0.1) is 21.5 Å². The number of aryl methyl sites for hydroxylation is 1. The van der Waals surface area contributed by atoms with Gasteiger partial charge in [0.25, 0.3) is 0 Å². The van der Waals surface area contributed by atoms with E-state index >= 15 is 0 Å². The van der Waals surface area contributed by atoms with Gasteiger partial charge in [0, 0.05) is 17.8 Å². The summed E-state index contributed by atoms with van der Waals surface area (Å²) in [6, 6.07) is 0. The molecule has 2 aromatic rings. The molecule has 0 radical (unpaired) electrons. The molecule has 4 rings (SSSR count). The maximum Gasteiger partial charge on any atom is 0.341 e. The van der Waals surface area contributed by atoms with Crippen LogP contribution < -0.4 is 5.32 Å². The van der Waals surface area contributed by atoms with E-state index in [-0.39, 0.29) is 17.6 Å². The number of rotatable bonds is 8. The van der Waals surface area contributed by atoms with Crippen molar-refractivity contribution in [1.29, 1.82) is 0 Å². The molecular formula is C25H36N4O3S2. The second kappa shape index (κ2) is 12.2. The molecule has 1 saturated carbocycles. The van der Waals surface area contributed by atoms with Gasteiger partial charge in [0.15, 0.2) is 5.16 Å². The summed E-state index contributed by atoms with van der Waals surface area (Å²) in [5, 5.41) is 13.3. The lowest BCUT2D eigenvalue weighted by atomic mass is 9.87. The van der Waals surface area contributed by atoms with E-state index in [9.17, 15) is 9.59 Å². The molecule has 2 heterocycles. The maximum absolute atomic E-state index is 12.9. The number of nitrogens with zero attached hydrogens (tertiary/aromatic N) is 3. The van der Waals surface area contributed by atoms with Crippen molar-refractivity contribution in [2.45, 2.75) is 95.7 Å². The van der Waals surface area contributed by atoms with Crippen molar-refractivity contribution in [2.75, 3.05) is 18.2 Å². The van der Waals surface area contributed by atoms with Crippen LogP contribution in [-0.2, 0) is 35.3 Å². The average Bonchev–Trinajstić information content (AvgIpc) is 3.37. The molecule has 0 unspecified atom stereocenters. The van der Waals surface area contributed by atoms with Crippen molar-refractivity contribution in [3.63, 3.8) is 0 Å². The van der Waals surface area contributed by atoms with Gasteiger partial charge in [-0.3, -0.25) is 4.79 Å². The summed E-state index contributed by atoms with van der Waals surface area (Å²) in [5.41, 5.74) is 1.62. The van der Waals surface area contributed by atoms with Crippen LogP contribution in [0.25, 0.3) is 0 Å². The number of nitrogens with one attached hydrogen (secondary N) is 1. The predicted molar refractivity (Wildman–Crippen MR) is 137 cm³/mol. The molecule has 0 aromatic carbocycles. The third-order valence-corrected chi connectivity index (χ3v) is 9.13. The molecule has 0 saturated heterocycles. The van der Waals surface area contributed by atoms with E-state index in [1.165, 1.54) is 80.0 Å². The van der Waals surface area contributed by atoms with Gasteiger partial charge in [-0.1, -0.05) is 56.7 Å². The van der Waals surface area contributed by atoms with Crippen LogP contribution in [0.2, 0.25) is 0 Å². The summed E-state index contributed by atoms with van der Waals surface area (Å²) in [4.78, 5) is 26.7. The van der Waals surface area contributed by atoms with Crippen LogP contribution in [0.5, 0.6) is 0 Å². The second-order valence-corrected chi connectivity index (χ2v) is 11.3. The van der Waals surface area contributed by atoms with Gasteiger partial charge in [0.05, 0.1) is 18.4 Å². The fourth-order valence-corrected chi connectivity index (χ4v) is 7.28. The van der Waals surface area contributed by atoms with Crippen molar-refractivity contribution >= 4 is 40.0 Å². The van der Waals surface area contributed by atoms with Gasteiger partial charge >= 0.3 is 5.97 Å². The van der Waals surface area contributed by atoms with E-state index < -0.39 is 0 Å². The van der Waals surface area contributed by atoms with Crippen LogP contribution in [-0.4, -0.2) is 39.5 Å². The SMILES string of the molecule is CCn1c(CC2CCCCC2)nnc1SCC(=O)Nc1sc2c(c1C(=O)OC)CCCCCC2. The number of methoxy groups -OCH3 is 1. The summed E-state index contributed by atoms with van der Waals surface area (Å²) >= 11 is 2.94. The predicted octanol–water partition coefficient (Wildman–Crippen LogP) is 5.66. The molecule has 34 heavy (non-hydrogen) atoms. The zero-order valence-corrected chi connectivity index (χ0v) is 22.0. The number of carbonyl (C=O) groups excluding carboxylic acids is 2. The maximum atomic E-state index is 12.9. The molecule has 0 spiro atoms. The highest BCUT2D eigenvalue weighted by Crippen LogP contribution is 2.37. The smallest absolute Gasteiger partial charge is 0.341 e. The van der Waals surface area contributed by atoms with Crippen molar-refractivity contribution in [2.24, 2.45) is 5.92 Å². The monoisotopic (exact) mass is 504 g/mol. The van der Waals surface area contributed by atoms with Gasteiger partial charge in [-0.2, -0.15) is 0 Å². The number of hydrogen-bond donors (Lipinski definition) is 1. The highest BCUT2D eigenvalue weighted by molar-refractivity contribution is 7.99. The fraction of sp³-hybridized carbons (Fsp3) is 0.680. The zero-order valence-electron chi connectivity index (χ0n) is 20.4. The molecule has 2 aliphatic rings. The van der Waals surface area contributed by atoms with Crippen LogP contribution in [0.1, 0.15) is 91.3 Å². The Hall–Kier alpha value is -1.87. The van der Waals surface area contributed by atoms with Gasteiger partial charge in [0.1, 0.15) is 10.8 Å². The van der Waals surface area contributed by atoms with Crippen LogP contribution in [0.4, 0.5) is 5.00 Å². The molecule has 2 aliphatic carbocycles. The molecule has 186 valence electrons. The minimum absolute atomic E-state index is 0.135. The van der Waals surface area contributed by atoms with E-state index in [1.54, 1.807) is 0 Å². The molecule has 1 N–H and O–H groups in total. The Labute approximate surface area is 210 Å². The quantitative estimate of drug-likeness (QED) is 0.369. The highest BCUT2D eigenvalue weighted by atomic mass is 32.2. The number of ether oxygens (including phenoxy) is 1. The first-order valence-corrected chi connectivity index (χ1v) is 14.5. The number of anilines is 1. The first kappa shape index (κ1) is 25.2. The van der Waals surface area contributed by atoms with Crippen LogP contribution >= 0.6 is 23.1 Å². The lowest BCUT2D eigenvalue weighted by Gasteiger charge is -2.21. The second-order valence-electron chi connectivity index (χ2n) is 9.30. The van der Waals surface area contributed by atoms with Gasteiger partial charge in [-0.05, 0) is 44.1 Å². The van der Waals surface area contributed by atoms with Gasteiger partial charge in [-0.25, -0.2) is 4.79 Å². The van der Waals surface area contributed by atoms with Gasteiger partial charge < -0.3 is 14.6 Å². The first-order chi connectivity index (χ1) is 16.6. The standard InChI is InChI=1S/C25H36N4O3S2/c1-3-29-20(15-17-11-7-6-8-12-17)27-28-25(29)33-16-21(30)26-23-22(24(31)32-2)18-13-9-4-5-10-14-19(18)34-23/h17H,3-16H2,1-2H3,(H,26,30). The summed E-state index contributed by atoms with van der Waals surface area (Å²) < 4.78 is 7.21. The first-order valence-electron chi connectivity index (χ1n) is 12.7. The normalized spacial score (nSPS) is 17.0. The number of thiophene rings is 1. The number of amides is 1. The Kier molecular flexibility index (Phi) is 9.05. The Morgan fingerprint density at radius 3 is 2.56 bits per heavy atom. The van der Waals surface area contributed by atoms with Crippen LogP contribution in [0.15, 0.2) is 5.16 Å². The Balaban J connectivity index is 1.42. The molecule has 2 aromatic heterocycles. The number of hydrogen-bond acceptors (Lipinski definition) is 7.